The number of carboxylic acids is 1. The summed E-state index contributed by atoms with van der Waals surface area (Å²) in [6.45, 7) is 0. The number of hydrogen-bond donors (Lipinski definition) is 2. The molecule has 1 heterocycles. The summed E-state index contributed by atoms with van der Waals surface area (Å²) in [6.07, 6.45) is 2.97. The second-order valence-corrected chi connectivity index (χ2v) is 4.22. The van der Waals surface area contributed by atoms with Gasteiger partial charge in [-0.1, -0.05) is 0 Å². The highest BCUT2D eigenvalue weighted by Crippen LogP contribution is 2.29. The molecule has 3 N–H and O–H groups in total. The zero-order chi connectivity index (χ0) is 8.27. The lowest BCUT2D eigenvalue weighted by Crippen LogP contribution is -2.32. The molecule has 0 saturated carbocycles. The van der Waals surface area contributed by atoms with E-state index < -0.39 is 12.0 Å². The van der Waals surface area contributed by atoms with E-state index in [0.717, 1.165) is 12.2 Å². The lowest BCUT2D eigenvalue weighted by Gasteiger charge is -2.10. The van der Waals surface area contributed by atoms with Gasteiger partial charge in [-0.25, -0.2) is 0 Å². The van der Waals surface area contributed by atoms with Crippen LogP contribution in [0, 0.1) is 0 Å². The fourth-order valence-corrected chi connectivity index (χ4v) is 2.56. The first kappa shape index (κ1) is 8.87. The highest BCUT2D eigenvalue weighted by Gasteiger charge is 2.21. The van der Waals surface area contributed by atoms with Crippen molar-refractivity contribution >= 4 is 17.7 Å². The molecule has 0 aromatic rings. The Balaban J connectivity index is 2.23. The number of rotatable bonds is 3. The molecule has 1 rings (SSSR count). The van der Waals surface area contributed by atoms with Crippen molar-refractivity contribution in [2.45, 2.75) is 30.6 Å². The summed E-state index contributed by atoms with van der Waals surface area (Å²) in [6, 6.07) is -0.661. The Labute approximate surface area is 70.3 Å². The van der Waals surface area contributed by atoms with Gasteiger partial charge in [0.15, 0.2) is 0 Å². The number of nitrogens with two attached hydrogens (primary N) is 1. The van der Waals surface area contributed by atoms with Gasteiger partial charge in [0, 0.05) is 5.25 Å². The van der Waals surface area contributed by atoms with Crippen LogP contribution in [0.4, 0.5) is 0 Å². The first-order chi connectivity index (χ1) is 5.20. The van der Waals surface area contributed by atoms with Gasteiger partial charge in [-0.3, -0.25) is 4.79 Å². The first-order valence-corrected chi connectivity index (χ1v) is 4.85. The molecular formula is C7H13NO2S. The molecule has 64 valence electrons. The van der Waals surface area contributed by atoms with Gasteiger partial charge in [0.1, 0.15) is 6.04 Å². The molecule has 4 heteroatoms. The van der Waals surface area contributed by atoms with Gasteiger partial charge >= 0.3 is 5.97 Å². The molecule has 0 spiro atoms. The van der Waals surface area contributed by atoms with Gasteiger partial charge in [-0.2, -0.15) is 11.8 Å². The first-order valence-electron chi connectivity index (χ1n) is 3.80. The predicted octanol–water partition coefficient (Wildman–Crippen LogP) is 0.684. The van der Waals surface area contributed by atoms with Gasteiger partial charge in [0.2, 0.25) is 0 Å². The van der Waals surface area contributed by atoms with Crippen LogP contribution in [0.25, 0.3) is 0 Å². The molecule has 2 atom stereocenters. The fraction of sp³-hybridized carbons (Fsp3) is 0.857. The molecule has 1 aliphatic rings. The van der Waals surface area contributed by atoms with Gasteiger partial charge in [-0.05, 0) is 25.0 Å². The van der Waals surface area contributed by atoms with Crippen LogP contribution in [0.2, 0.25) is 0 Å². The van der Waals surface area contributed by atoms with E-state index in [0.29, 0.717) is 11.7 Å². The van der Waals surface area contributed by atoms with E-state index in [2.05, 4.69) is 0 Å². The second-order valence-electron chi connectivity index (χ2n) is 2.82. The number of thioether (sulfide) groups is 1. The minimum absolute atomic E-state index is 0.487. The van der Waals surface area contributed by atoms with Gasteiger partial charge in [0.05, 0.1) is 0 Å². The molecule has 1 fully saturated rings. The van der Waals surface area contributed by atoms with Crippen LogP contribution >= 0.6 is 11.8 Å². The van der Waals surface area contributed by atoms with Crippen molar-refractivity contribution < 1.29 is 9.90 Å². The van der Waals surface area contributed by atoms with E-state index >= 15 is 0 Å². The summed E-state index contributed by atoms with van der Waals surface area (Å²) in [4.78, 5) is 10.4. The molecule has 0 radical (unpaired) electrons. The number of hydrogen-bond acceptors (Lipinski definition) is 3. The molecule has 0 aromatic heterocycles. The minimum atomic E-state index is -0.877. The third kappa shape index (κ3) is 2.71. The summed E-state index contributed by atoms with van der Waals surface area (Å²) in [5.74, 6) is 0.286. The van der Waals surface area contributed by atoms with Gasteiger partial charge in [0.25, 0.3) is 0 Å². The molecule has 0 amide bonds. The van der Waals surface area contributed by atoms with E-state index in [9.17, 15) is 4.79 Å². The van der Waals surface area contributed by atoms with Gasteiger partial charge < -0.3 is 10.8 Å². The van der Waals surface area contributed by atoms with Crippen LogP contribution in [-0.2, 0) is 4.79 Å². The Morgan fingerprint density at radius 3 is 3.00 bits per heavy atom. The summed E-state index contributed by atoms with van der Waals surface area (Å²) in [7, 11) is 0. The van der Waals surface area contributed by atoms with Crippen LogP contribution in [0.5, 0.6) is 0 Å². The highest BCUT2D eigenvalue weighted by molar-refractivity contribution is 8.00. The predicted molar refractivity (Wildman–Crippen MR) is 45.7 cm³/mol. The van der Waals surface area contributed by atoms with Gasteiger partial charge in [-0.15, -0.1) is 0 Å². The molecular weight excluding hydrogens is 162 g/mol. The molecule has 0 bridgehead atoms. The Morgan fingerprint density at radius 2 is 2.55 bits per heavy atom. The summed E-state index contributed by atoms with van der Waals surface area (Å²) in [5, 5.41) is 9.00. The molecule has 0 aliphatic carbocycles. The molecule has 1 unspecified atom stereocenters. The van der Waals surface area contributed by atoms with E-state index in [-0.39, 0.29) is 0 Å². The lowest BCUT2D eigenvalue weighted by atomic mass is 10.1. The SMILES string of the molecule is N[C@H](CC1CCCS1)C(=O)O. The lowest BCUT2D eigenvalue weighted by molar-refractivity contribution is -0.138. The maximum atomic E-state index is 10.4. The van der Waals surface area contributed by atoms with Crippen molar-refractivity contribution in [2.75, 3.05) is 5.75 Å². The van der Waals surface area contributed by atoms with E-state index in [4.69, 9.17) is 10.8 Å². The second kappa shape index (κ2) is 3.97. The molecule has 0 aromatic carbocycles. The number of carbonyl (C=O) groups is 1. The van der Waals surface area contributed by atoms with Crippen molar-refractivity contribution in [1.29, 1.82) is 0 Å². The standard InChI is InChI=1S/C7H13NO2S/c8-6(7(9)10)4-5-2-1-3-11-5/h5-6H,1-4,8H2,(H,9,10)/t5?,6-/m1/s1. The molecule has 1 aliphatic heterocycles. The summed E-state index contributed by atoms with van der Waals surface area (Å²) in [5.41, 5.74) is 5.38. The maximum absolute atomic E-state index is 10.4. The minimum Gasteiger partial charge on any atom is -0.480 e. The largest absolute Gasteiger partial charge is 0.480 e. The van der Waals surface area contributed by atoms with Crippen LogP contribution in [0.3, 0.4) is 0 Å². The van der Waals surface area contributed by atoms with E-state index in [1.54, 1.807) is 0 Å². The average Bonchev–Trinajstić information content (AvgIpc) is 2.39. The van der Waals surface area contributed by atoms with E-state index in [1.165, 1.54) is 6.42 Å². The summed E-state index contributed by atoms with van der Waals surface area (Å²) >= 11 is 1.84. The Morgan fingerprint density at radius 1 is 1.82 bits per heavy atom. The zero-order valence-electron chi connectivity index (χ0n) is 6.32. The Hall–Kier alpha value is -0.220. The average molecular weight is 175 g/mol. The molecule has 11 heavy (non-hydrogen) atoms. The van der Waals surface area contributed by atoms with Crippen molar-refractivity contribution in [1.82, 2.24) is 0 Å². The topological polar surface area (TPSA) is 63.3 Å². The van der Waals surface area contributed by atoms with Crippen LogP contribution in [-0.4, -0.2) is 28.1 Å². The smallest absolute Gasteiger partial charge is 0.320 e. The van der Waals surface area contributed by atoms with Crippen molar-refractivity contribution in [2.24, 2.45) is 5.73 Å². The maximum Gasteiger partial charge on any atom is 0.320 e. The quantitative estimate of drug-likeness (QED) is 0.662. The molecule has 1 saturated heterocycles. The Bertz CT molecular complexity index is 145. The third-order valence-electron chi connectivity index (χ3n) is 1.86. The number of carboxylic acid groups (broad SMARTS) is 1. The number of aliphatic carboxylic acids is 1. The monoisotopic (exact) mass is 175 g/mol. The van der Waals surface area contributed by atoms with Crippen LogP contribution in [0.1, 0.15) is 19.3 Å². The zero-order valence-corrected chi connectivity index (χ0v) is 7.14. The Kier molecular flexibility index (Phi) is 3.20. The van der Waals surface area contributed by atoms with E-state index in [1.807, 2.05) is 11.8 Å². The normalized spacial score (nSPS) is 26.8. The van der Waals surface area contributed by atoms with Crippen molar-refractivity contribution in [3.8, 4) is 0 Å². The summed E-state index contributed by atoms with van der Waals surface area (Å²) < 4.78 is 0. The highest BCUT2D eigenvalue weighted by atomic mass is 32.2. The van der Waals surface area contributed by atoms with Crippen LogP contribution < -0.4 is 5.73 Å². The third-order valence-corrected chi connectivity index (χ3v) is 3.28. The van der Waals surface area contributed by atoms with Crippen LogP contribution in [0.15, 0.2) is 0 Å². The fourth-order valence-electron chi connectivity index (χ4n) is 1.21. The van der Waals surface area contributed by atoms with Crippen molar-refractivity contribution in [3.05, 3.63) is 0 Å². The molecule has 3 nitrogen and oxygen atoms in total. The van der Waals surface area contributed by atoms with Crippen molar-refractivity contribution in [3.63, 3.8) is 0 Å².